The van der Waals surface area contributed by atoms with Gasteiger partial charge in [0, 0.05) is 18.2 Å². The van der Waals surface area contributed by atoms with Crippen molar-refractivity contribution in [3.8, 4) is 0 Å². The third-order valence-electron chi connectivity index (χ3n) is 2.76. The Morgan fingerprint density at radius 2 is 2.39 bits per heavy atom. The average Bonchev–Trinajstić information content (AvgIpc) is 3.05. The molecule has 0 saturated heterocycles. The number of furan rings is 1. The van der Waals surface area contributed by atoms with Crippen LogP contribution in [0.25, 0.3) is 0 Å². The SMILES string of the molecule is COC(=O)c1occc1CNC(C)c1ccsc1. The first-order chi connectivity index (χ1) is 8.72. The monoisotopic (exact) mass is 265 g/mol. The molecule has 0 aliphatic carbocycles. The van der Waals surface area contributed by atoms with E-state index in [1.807, 2.05) is 5.38 Å². The second kappa shape index (κ2) is 5.84. The van der Waals surface area contributed by atoms with Gasteiger partial charge in [-0.05, 0) is 35.4 Å². The van der Waals surface area contributed by atoms with Crippen LogP contribution in [0.1, 0.15) is 34.6 Å². The molecule has 2 aromatic rings. The lowest BCUT2D eigenvalue weighted by atomic mass is 10.1. The molecule has 2 aromatic heterocycles. The van der Waals surface area contributed by atoms with Crippen LogP contribution >= 0.6 is 11.3 Å². The lowest BCUT2D eigenvalue weighted by Crippen LogP contribution is -2.18. The van der Waals surface area contributed by atoms with Gasteiger partial charge < -0.3 is 14.5 Å². The molecule has 1 atom stereocenters. The zero-order valence-corrected chi connectivity index (χ0v) is 11.1. The van der Waals surface area contributed by atoms with E-state index < -0.39 is 5.97 Å². The van der Waals surface area contributed by atoms with Gasteiger partial charge in [-0.3, -0.25) is 0 Å². The van der Waals surface area contributed by atoms with Crippen molar-refractivity contribution in [2.75, 3.05) is 7.11 Å². The van der Waals surface area contributed by atoms with Crippen molar-refractivity contribution in [3.05, 3.63) is 46.0 Å². The zero-order valence-electron chi connectivity index (χ0n) is 10.3. The molecule has 2 rings (SSSR count). The fraction of sp³-hybridized carbons (Fsp3) is 0.308. The number of rotatable bonds is 5. The quantitative estimate of drug-likeness (QED) is 0.844. The fourth-order valence-corrected chi connectivity index (χ4v) is 2.40. The summed E-state index contributed by atoms with van der Waals surface area (Å²) < 4.78 is 9.78. The molecule has 0 radical (unpaired) electrons. The standard InChI is InChI=1S/C13H15NO3S/c1-9(11-4-6-18-8-11)14-7-10-3-5-17-12(10)13(15)16-2/h3-6,8-9,14H,7H2,1-2H3. The Morgan fingerprint density at radius 3 is 3.06 bits per heavy atom. The highest BCUT2D eigenvalue weighted by Crippen LogP contribution is 2.17. The molecule has 18 heavy (non-hydrogen) atoms. The molecule has 0 amide bonds. The van der Waals surface area contributed by atoms with Crippen molar-refractivity contribution in [2.45, 2.75) is 19.5 Å². The van der Waals surface area contributed by atoms with Gasteiger partial charge in [-0.15, -0.1) is 0 Å². The van der Waals surface area contributed by atoms with E-state index in [2.05, 4.69) is 28.4 Å². The molecule has 2 heterocycles. The van der Waals surface area contributed by atoms with Crippen molar-refractivity contribution < 1.29 is 13.9 Å². The summed E-state index contributed by atoms with van der Waals surface area (Å²) >= 11 is 1.67. The van der Waals surface area contributed by atoms with Crippen LogP contribution in [-0.2, 0) is 11.3 Å². The first-order valence-electron chi connectivity index (χ1n) is 5.62. The largest absolute Gasteiger partial charge is 0.463 e. The third kappa shape index (κ3) is 2.80. The molecule has 1 unspecified atom stereocenters. The first kappa shape index (κ1) is 12.9. The van der Waals surface area contributed by atoms with E-state index in [9.17, 15) is 4.79 Å². The summed E-state index contributed by atoms with van der Waals surface area (Å²) in [5.41, 5.74) is 2.05. The van der Waals surface area contributed by atoms with E-state index in [-0.39, 0.29) is 11.8 Å². The highest BCUT2D eigenvalue weighted by Gasteiger charge is 2.16. The molecule has 0 saturated carbocycles. The summed E-state index contributed by atoms with van der Waals surface area (Å²) in [5, 5.41) is 7.50. The molecule has 96 valence electrons. The highest BCUT2D eigenvalue weighted by molar-refractivity contribution is 7.07. The maximum atomic E-state index is 11.4. The van der Waals surface area contributed by atoms with E-state index >= 15 is 0 Å². The lowest BCUT2D eigenvalue weighted by Gasteiger charge is -2.11. The van der Waals surface area contributed by atoms with Crippen molar-refractivity contribution in [1.82, 2.24) is 5.32 Å². The number of methoxy groups -OCH3 is 1. The molecule has 5 heteroatoms. The van der Waals surface area contributed by atoms with Gasteiger partial charge in [0.05, 0.1) is 13.4 Å². The molecule has 1 N–H and O–H groups in total. The minimum atomic E-state index is -0.444. The number of carbonyl (C=O) groups is 1. The Bertz CT molecular complexity index is 504. The molecule has 0 aromatic carbocycles. The van der Waals surface area contributed by atoms with E-state index in [0.29, 0.717) is 6.54 Å². The van der Waals surface area contributed by atoms with Crippen molar-refractivity contribution >= 4 is 17.3 Å². The van der Waals surface area contributed by atoms with Crippen LogP contribution in [0.15, 0.2) is 33.6 Å². The topological polar surface area (TPSA) is 51.5 Å². The number of ether oxygens (including phenoxy) is 1. The molecule has 0 fully saturated rings. The first-order valence-corrected chi connectivity index (χ1v) is 6.57. The van der Waals surface area contributed by atoms with E-state index in [4.69, 9.17) is 4.42 Å². The van der Waals surface area contributed by atoms with Crippen LogP contribution in [0.5, 0.6) is 0 Å². The predicted octanol–water partition coefficient (Wildman–Crippen LogP) is 2.98. The Morgan fingerprint density at radius 1 is 1.56 bits per heavy atom. The summed E-state index contributed by atoms with van der Waals surface area (Å²) in [6.45, 7) is 2.65. The van der Waals surface area contributed by atoms with Crippen LogP contribution in [0.2, 0.25) is 0 Å². The van der Waals surface area contributed by atoms with Crippen molar-refractivity contribution in [3.63, 3.8) is 0 Å². The number of hydrogen-bond acceptors (Lipinski definition) is 5. The molecule has 0 bridgehead atoms. The number of carbonyl (C=O) groups excluding carboxylic acids is 1. The van der Waals surface area contributed by atoms with Crippen LogP contribution in [0, 0.1) is 0 Å². The maximum absolute atomic E-state index is 11.4. The summed E-state index contributed by atoms with van der Waals surface area (Å²) in [6.07, 6.45) is 1.50. The molecular weight excluding hydrogens is 250 g/mol. The molecule has 0 aliphatic heterocycles. The van der Waals surface area contributed by atoms with Gasteiger partial charge in [-0.1, -0.05) is 0 Å². The van der Waals surface area contributed by atoms with Gasteiger partial charge in [-0.25, -0.2) is 4.79 Å². The van der Waals surface area contributed by atoms with E-state index in [1.165, 1.54) is 18.9 Å². The molecule has 4 nitrogen and oxygen atoms in total. The van der Waals surface area contributed by atoms with Crippen LogP contribution < -0.4 is 5.32 Å². The van der Waals surface area contributed by atoms with Crippen LogP contribution in [-0.4, -0.2) is 13.1 Å². The smallest absolute Gasteiger partial charge is 0.374 e. The van der Waals surface area contributed by atoms with Crippen LogP contribution in [0.3, 0.4) is 0 Å². The minimum absolute atomic E-state index is 0.233. The van der Waals surface area contributed by atoms with Gasteiger partial charge in [0.25, 0.3) is 0 Å². The second-order valence-electron chi connectivity index (χ2n) is 3.93. The Labute approximate surface area is 110 Å². The predicted molar refractivity (Wildman–Crippen MR) is 69.6 cm³/mol. The number of hydrogen-bond donors (Lipinski definition) is 1. The third-order valence-corrected chi connectivity index (χ3v) is 3.46. The molecule has 0 aliphatic rings. The van der Waals surface area contributed by atoms with Gasteiger partial charge in [-0.2, -0.15) is 11.3 Å². The van der Waals surface area contributed by atoms with E-state index in [1.54, 1.807) is 17.4 Å². The number of thiophene rings is 1. The van der Waals surface area contributed by atoms with Crippen molar-refractivity contribution in [2.24, 2.45) is 0 Å². The van der Waals surface area contributed by atoms with Gasteiger partial charge in [0.15, 0.2) is 0 Å². The lowest BCUT2D eigenvalue weighted by molar-refractivity contribution is 0.0563. The summed E-state index contributed by atoms with van der Waals surface area (Å²) in [4.78, 5) is 11.4. The summed E-state index contributed by atoms with van der Waals surface area (Å²) in [7, 11) is 1.34. The number of nitrogens with one attached hydrogen (secondary N) is 1. The molecule has 0 spiro atoms. The zero-order chi connectivity index (χ0) is 13.0. The van der Waals surface area contributed by atoms with Gasteiger partial charge >= 0.3 is 5.97 Å². The summed E-state index contributed by atoms with van der Waals surface area (Å²) in [6, 6.07) is 4.09. The van der Waals surface area contributed by atoms with Crippen LogP contribution in [0.4, 0.5) is 0 Å². The maximum Gasteiger partial charge on any atom is 0.374 e. The Hall–Kier alpha value is -1.59. The van der Waals surface area contributed by atoms with Crippen molar-refractivity contribution in [1.29, 1.82) is 0 Å². The minimum Gasteiger partial charge on any atom is -0.463 e. The van der Waals surface area contributed by atoms with Gasteiger partial charge in [0.2, 0.25) is 5.76 Å². The molecular formula is C13H15NO3S. The second-order valence-corrected chi connectivity index (χ2v) is 4.71. The Balaban J connectivity index is 1.98. The normalized spacial score (nSPS) is 12.3. The highest BCUT2D eigenvalue weighted by atomic mass is 32.1. The van der Waals surface area contributed by atoms with Gasteiger partial charge in [0.1, 0.15) is 0 Å². The summed E-state index contributed by atoms with van der Waals surface area (Å²) in [5.74, 6) is -0.178. The fourth-order valence-electron chi connectivity index (χ4n) is 1.65. The van der Waals surface area contributed by atoms with E-state index in [0.717, 1.165) is 5.56 Å². The Kier molecular flexibility index (Phi) is 4.17. The number of esters is 1. The average molecular weight is 265 g/mol.